The molecular formula is C26H22BrN3OS. The van der Waals surface area contributed by atoms with Gasteiger partial charge in [0.05, 0.1) is 11.7 Å². The first kappa shape index (κ1) is 20.9. The number of nitrogens with zero attached hydrogens (tertiary/aromatic N) is 2. The maximum absolute atomic E-state index is 6.45. The monoisotopic (exact) mass is 503 g/mol. The van der Waals surface area contributed by atoms with E-state index >= 15 is 0 Å². The van der Waals surface area contributed by atoms with Crippen molar-refractivity contribution in [1.82, 2.24) is 10.3 Å². The molecule has 4 nitrogen and oxygen atoms in total. The molecule has 1 N–H and O–H groups in total. The van der Waals surface area contributed by atoms with Gasteiger partial charge in [-0.15, -0.1) is 0 Å². The Morgan fingerprint density at radius 2 is 1.75 bits per heavy atom. The van der Waals surface area contributed by atoms with E-state index in [0.29, 0.717) is 5.11 Å². The van der Waals surface area contributed by atoms with E-state index in [4.69, 9.17) is 16.6 Å². The molecule has 1 aliphatic heterocycles. The van der Waals surface area contributed by atoms with Crippen LogP contribution in [0.15, 0.2) is 87.9 Å². The quantitative estimate of drug-likeness (QED) is 0.306. The first-order valence-corrected chi connectivity index (χ1v) is 11.6. The van der Waals surface area contributed by atoms with Crippen LogP contribution < -0.4 is 10.2 Å². The highest BCUT2D eigenvalue weighted by Crippen LogP contribution is 2.43. The number of hydrogen-bond acceptors (Lipinski definition) is 3. The maximum atomic E-state index is 6.45. The number of hydrogen-bond donors (Lipinski definition) is 1. The normalized spacial score (nSPS) is 18.1. The van der Waals surface area contributed by atoms with Gasteiger partial charge in [-0.25, -0.2) is 0 Å². The molecule has 0 bridgehead atoms. The van der Waals surface area contributed by atoms with E-state index in [2.05, 4.69) is 87.4 Å². The molecule has 0 aliphatic carbocycles. The zero-order valence-corrected chi connectivity index (χ0v) is 20.2. The van der Waals surface area contributed by atoms with Crippen LogP contribution in [0, 0.1) is 13.8 Å². The number of rotatable bonds is 4. The molecule has 32 heavy (non-hydrogen) atoms. The van der Waals surface area contributed by atoms with Gasteiger partial charge in [0.2, 0.25) is 0 Å². The van der Waals surface area contributed by atoms with Crippen molar-refractivity contribution in [1.29, 1.82) is 0 Å². The first-order valence-electron chi connectivity index (χ1n) is 10.4. The summed E-state index contributed by atoms with van der Waals surface area (Å²) in [5.74, 6) is 1.64. The van der Waals surface area contributed by atoms with Gasteiger partial charge in [0.25, 0.3) is 0 Å². The molecule has 4 aromatic rings. The van der Waals surface area contributed by atoms with Gasteiger partial charge in [-0.1, -0.05) is 45.8 Å². The number of pyridine rings is 1. The minimum absolute atomic E-state index is 0.134. The second-order valence-corrected chi connectivity index (χ2v) is 9.26. The number of nitrogens with one attached hydrogen (secondary N) is 1. The number of furan rings is 1. The molecule has 0 amide bonds. The van der Waals surface area contributed by atoms with Gasteiger partial charge < -0.3 is 14.6 Å². The minimum atomic E-state index is -0.168. The van der Waals surface area contributed by atoms with Crippen LogP contribution in [0.25, 0.3) is 11.3 Å². The van der Waals surface area contributed by atoms with E-state index in [0.717, 1.165) is 32.9 Å². The summed E-state index contributed by atoms with van der Waals surface area (Å²) in [4.78, 5) is 6.73. The Morgan fingerprint density at radius 3 is 2.47 bits per heavy atom. The Kier molecular flexibility index (Phi) is 5.57. The standard InChI is InChI=1S/C26H22BrN3OS/c1-16-6-9-18(10-7-16)30-25(24(29-26(30)32)21-5-3-4-14-28-21)23-13-12-22(31-23)19-11-8-17(2)15-20(19)27/h3-15,24-25H,1-2H3,(H,29,32)/t24-,25-/m1/s1. The molecule has 0 saturated carbocycles. The van der Waals surface area contributed by atoms with Gasteiger partial charge in [-0.2, -0.15) is 0 Å². The van der Waals surface area contributed by atoms with Crippen molar-refractivity contribution in [2.45, 2.75) is 25.9 Å². The average Bonchev–Trinajstić information content (AvgIpc) is 3.39. The zero-order valence-electron chi connectivity index (χ0n) is 17.7. The molecule has 160 valence electrons. The summed E-state index contributed by atoms with van der Waals surface area (Å²) in [6.07, 6.45) is 1.81. The average molecular weight is 504 g/mol. The van der Waals surface area contributed by atoms with E-state index in [-0.39, 0.29) is 12.1 Å². The lowest BCUT2D eigenvalue weighted by Crippen LogP contribution is -2.29. The van der Waals surface area contributed by atoms with Crippen LogP contribution in [0.4, 0.5) is 5.69 Å². The van der Waals surface area contributed by atoms with Crippen molar-refractivity contribution in [3.05, 3.63) is 106 Å². The van der Waals surface area contributed by atoms with Crippen molar-refractivity contribution in [3.63, 3.8) is 0 Å². The number of anilines is 1. The second kappa shape index (κ2) is 8.52. The molecule has 6 heteroatoms. The SMILES string of the molecule is Cc1ccc(N2C(=S)N[C@H](c3ccccn3)[C@H]2c2ccc(-c3ccc(C)cc3Br)o2)cc1. The summed E-state index contributed by atoms with van der Waals surface area (Å²) >= 11 is 9.46. The van der Waals surface area contributed by atoms with Crippen LogP contribution in [0.3, 0.4) is 0 Å². The third-order valence-electron chi connectivity index (χ3n) is 5.72. The highest BCUT2D eigenvalue weighted by atomic mass is 79.9. The van der Waals surface area contributed by atoms with Crippen molar-refractivity contribution in [2.24, 2.45) is 0 Å². The molecular weight excluding hydrogens is 482 g/mol. The number of benzene rings is 2. The Labute approximate surface area is 201 Å². The van der Waals surface area contributed by atoms with Crippen LogP contribution >= 0.6 is 28.1 Å². The predicted molar refractivity (Wildman–Crippen MR) is 136 cm³/mol. The summed E-state index contributed by atoms with van der Waals surface area (Å²) in [5, 5.41) is 4.13. The van der Waals surface area contributed by atoms with E-state index in [9.17, 15) is 0 Å². The van der Waals surface area contributed by atoms with Gasteiger partial charge in [0, 0.05) is 21.9 Å². The van der Waals surface area contributed by atoms with Crippen LogP contribution in [-0.4, -0.2) is 10.1 Å². The van der Waals surface area contributed by atoms with E-state index in [1.54, 1.807) is 0 Å². The lowest BCUT2D eigenvalue weighted by molar-refractivity contribution is 0.439. The van der Waals surface area contributed by atoms with Crippen molar-refractivity contribution >= 4 is 38.9 Å². The van der Waals surface area contributed by atoms with Crippen LogP contribution in [-0.2, 0) is 0 Å². The summed E-state index contributed by atoms with van der Waals surface area (Å²) in [7, 11) is 0. The summed E-state index contributed by atoms with van der Waals surface area (Å²) in [6, 6.07) is 24.3. The number of aryl methyl sites for hydroxylation is 2. The van der Waals surface area contributed by atoms with Crippen LogP contribution in [0.2, 0.25) is 0 Å². The summed E-state index contributed by atoms with van der Waals surface area (Å²) in [5.41, 5.74) is 5.36. The second-order valence-electron chi connectivity index (χ2n) is 8.02. The predicted octanol–water partition coefficient (Wildman–Crippen LogP) is 6.90. The van der Waals surface area contributed by atoms with Crippen molar-refractivity contribution in [3.8, 4) is 11.3 Å². The van der Waals surface area contributed by atoms with Gasteiger partial charge >= 0.3 is 0 Å². The lowest BCUT2D eigenvalue weighted by Gasteiger charge is -2.26. The maximum Gasteiger partial charge on any atom is 0.174 e. The summed E-state index contributed by atoms with van der Waals surface area (Å²) < 4.78 is 7.46. The van der Waals surface area contributed by atoms with E-state index < -0.39 is 0 Å². The fraction of sp³-hybridized carbons (Fsp3) is 0.154. The fourth-order valence-corrected chi connectivity index (χ4v) is 5.14. The molecule has 1 aliphatic rings. The molecule has 3 heterocycles. The van der Waals surface area contributed by atoms with Crippen LogP contribution in [0.5, 0.6) is 0 Å². The van der Waals surface area contributed by atoms with Crippen LogP contribution in [0.1, 0.15) is 34.7 Å². The third kappa shape index (κ3) is 3.85. The largest absolute Gasteiger partial charge is 0.459 e. The molecule has 0 radical (unpaired) electrons. The van der Waals surface area contributed by atoms with Gasteiger partial charge in [-0.3, -0.25) is 4.98 Å². The minimum Gasteiger partial charge on any atom is -0.459 e. The number of thiocarbonyl (C=S) groups is 1. The van der Waals surface area contributed by atoms with Crippen molar-refractivity contribution in [2.75, 3.05) is 4.90 Å². The highest BCUT2D eigenvalue weighted by Gasteiger charge is 2.42. The molecule has 5 rings (SSSR count). The van der Waals surface area contributed by atoms with Crippen molar-refractivity contribution < 1.29 is 4.42 Å². The Balaban J connectivity index is 1.60. The van der Waals surface area contributed by atoms with E-state index in [1.165, 1.54) is 11.1 Å². The molecule has 0 spiro atoms. The molecule has 1 saturated heterocycles. The third-order valence-corrected chi connectivity index (χ3v) is 6.69. The molecule has 2 atom stereocenters. The summed E-state index contributed by atoms with van der Waals surface area (Å²) in [6.45, 7) is 4.15. The Morgan fingerprint density at radius 1 is 0.969 bits per heavy atom. The number of aromatic nitrogens is 1. The van der Waals surface area contributed by atoms with Gasteiger partial charge in [0.1, 0.15) is 17.6 Å². The molecule has 0 unspecified atom stereocenters. The Hall–Kier alpha value is -2.96. The topological polar surface area (TPSA) is 41.3 Å². The fourth-order valence-electron chi connectivity index (χ4n) is 4.10. The highest BCUT2D eigenvalue weighted by molar-refractivity contribution is 9.10. The van der Waals surface area contributed by atoms with E-state index in [1.807, 2.05) is 36.5 Å². The van der Waals surface area contributed by atoms with Gasteiger partial charge in [0.15, 0.2) is 5.11 Å². The lowest BCUT2D eigenvalue weighted by atomic mass is 10.0. The molecule has 2 aromatic carbocycles. The zero-order chi connectivity index (χ0) is 22.2. The number of halogens is 1. The van der Waals surface area contributed by atoms with Gasteiger partial charge in [-0.05, 0) is 80.2 Å². The first-order chi connectivity index (χ1) is 15.5. The molecule has 1 fully saturated rings. The smallest absolute Gasteiger partial charge is 0.174 e. The Bertz CT molecular complexity index is 1270. The molecule has 2 aromatic heterocycles.